The van der Waals surface area contributed by atoms with Gasteiger partial charge in [-0.1, -0.05) is 24.3 Å². The Labute approximate surface area is 157 Å². The highest BCUT2D eigenvalue weighted by atomic mass is 19.1. The van der Waals surface area contributed by atoms with Crippen molar-refractivity contribution in [3.8, 4) is 34.1 Å². The average molecular weight is 368 g/mol. The molecule has 0 fully saturated rings. The second kappa shape index (κ2) is 7.99. The molecule has 0 saturated carbocycles. The van der Waals surface area contributed by atoms with Gasteiger partial charge in [-0.25, -0.2) is 4.39 Å². The highest BCUT2D eigenvalue weighted by Gasteiger charge is 2.15. The minimum Gasteiger partial charge on any atom is -0.508 e. The van der Waals surface area contributed by atoms with Crippen molar-refractivity contribution in [2.75, 3.05) is 21.3 Å². The number of hydrogen-bond donors (Lipinski definition) is 1. The summed E-state index contributed by atoms with van der Waals surface area (Å²) in [6.07, 6.45) is 0.226. The van der Waals surface area contributed by atoms with E-state index in [0.29, 0.717) is 28.4 Å². The minimum atomic E-state index is -0.481. The summed E-state index contributed by atoms with van der Waals surface area (Å²) < 4.78 is 30.6. The summed E-state index contributed by atoms with van der Waals surface area (Å²) in [5.41, 5.74) is 2.29. The summed E-state index contributed by atoms with van der Waals surface area (Å²) in [6.45, 7) is 0. The number of hydrogen-bond acceptors (Lipinski definition) is 4. The molecule has 1 N–H and O–H groups in total. The maximum Gasteiger partial charge on any atom is 0.160 e. The van der Waals surface area contributed by atoms with E-state index in [-0.39, 0.29) is 17.7 Å². The van der Waals surface area contributed by atoms with E-state index in [0.717, 1.165) is 5.56 Å². The predicted molar refractivity (Wildman–Crippen MR) is 102 cm³/mol. The monoisotopic (exact) mass is 368 g/mol. The number of para-hydroxylation sites is 1. The molecule has 3 aromatic rings. The van der Waals surface area contributed by atoms with Gasteiger partial charge in [0.15, 0.2) is 11.5 Å². The lowest BCUT2D eigenvalue weighted by molar-refractivity contribution is 0.354. The average Bonchev–Trinajstić information content (AvgIpc) is 2.70. The van der Waals surface area contributed by atoms with E-state index < -0.39 is 5.82 Å². The van der Waals surface area contributed by atoms with Crippen LogP contribution in [0.25, 0.3) is 11.1 Å². The molecule has 5 heteroatoms. The minimum absolute atomic E-state index is 0.106. The molecular weight excluding hydrogens is 347 g/mol. The molecule has 140 valence electrons. The fraction of sp³-hybridized carbons (Fsp3) is 0.182. The lowest BCUT2D eigenvalue weighted by atomic mass is 9.98. The van der Waals surface area contributed by atoms with E-state index in [4.69, 9.17) is 14.2 Å². The zero-order chi connectivity index (χ0) is 19.4. The van der Waals surface area contributed by atoms with Crippen molar-refractivity contribution in [3.63, 3.8) is 0 Å². The number of phenols is 1. The first-order valence-electron chi connectivity index (χ1n) is 8.43. The van der Waals surface area contributed by atoms with E-state index in [2.05, 4.69) is 0 Å². The maximum absolute atomic E-state index is 14.8. The van der Waals surface area contributed by atoms with Gasteiger partial charge in [0.2, 0.25) is 0 Å². The predicted octanol–water partition coefficient (Wildman–Crippen LogP) is 4.81. The Morgan fingerprint density at radius 2 is 1.52 bits per heavy atom. The molecule has 0 unspecified atom stereocenters. The quantitative estimate of drug-likeness (QED) is 0.678. The highest BCUT2D eigenvalue weighted by Crippen LogP contribution is 2.36. The summed E-state index contributed by atoms with van der Waals surface area (Å²) in [6, 6.07) is 15.6. The van der Waals surface area contributed by atoms with Crippen molar-refractivity contribution in [2.24, 2.45) is 0 Å². The Morgan fingerprint density at radius 1 is 0.815 bits per heavy atom. The molecule has 0 amide bonds. The maximum atomic E-state index is 14.8. The van der Waals surface area contributed by atoms with Crippen LogP contribution < -0.4 is 14.2 Å². The van der Waals surface area contributed by atoms with Crippen LogP contribution >= 0.6 is 0 Å². The van der Waals surface area contributed by atoms with Crippen molar-refractivity contribution in [3.05, 3.63) is 71.5 Å². The van der Waals surface area contributed by atoms with Crippen LogP contribution in [0, 0.1) is 5.82 Å². The number of benzene rings is 3. The molecule has 0 aliphatic rings. The van der Waals surface area contributed by atoms with E-state index >= 15 is 0 Å². The molecule has 3 rings (SSSR count). The second-order valence-electron chi connectivity index (χ2n) is 6.02. The number of methoxy groups -OCH3 is 3. The summed E-state index contributed by atoms with van der Waals surface area (Å²) in [7, 11) is 4.65. The van der Waals surface area contributed by atoms with Crippen LogP contribution in [0.15, 0.2) is 54.6 Å². The van der Waals surface area contributed by atoms with Gasteiger partial charge in [-0.3, -0.25) is 0 Å². The molecule has 27 heavy (non-hydrogen) atoms. The van der Waals surface area contributed by atoms with Gasteiger partial charge in [0, 0.05) is 17.5 Å². The molecular formula is C22H21FO4. The molecule has 0 saturated heterocycles. The van der Waals surface area contributed by atoms with Crippen molar-refractivity contribution in [1.29, 1.82) is 0 Å². The fourth-order valence-electron chi connectivity index (χ4n) is 3.03. The van der Waals surface area contributed by atoms with Gasteiger partial charge in [-0.2, -0.15) is 0 Å². The summed E-state index contributed by atoms with van der Waals surface area (Å²) in [5.74, 6) is 1.18. The summed E-state index contributed by atoms with van der Waals surface area (Å²) in [5, 5.41) is 10.4. The van der Waals surface area contributed by atoms with Crippen LogP contribution in [0.4, 0.5) is 4.39 Å². The van der Waals surface area contributed by atoms with Crippen molar-refractivity contribution < 1.29 is 23.7 Å². The molecule has 0 atom stereocenters. The first kappa shape index (κ1) is 18.6. The lowest BCUT2D eigenvalue weighted by Gasteiger charge is -2.13. The first-order chi connectivity index (χ1) is 13.1. The normalized spacial score (nSPS) is 10.5. The number of phenolic OH excluding ortho intramolecular Hbond substituents is 1. The van der Waals surface area contributed by atoms with Crippen molar-refractivity contribution in [2.45, 2.75) is 6.42 Å². The Morgan fingerprint density at radius 3 is 2.19 bits per heavy atom. The van der Waals surface area contributed by atoms with E-state index in [1.807, 2.05) is 24.3 Å². The highest BCUT2D eigenvalue weighted by molar-refractivity contribution is 5.72. The molecule has 3 aromatic carbocycles. The van der Waals surface area contributed by atoms with Gasteiger partial charge in [-0.05, 0) is 41.5 Å². The van der Waals surface area contributed by atoms with Gasteiger partial charge in [-0.15, -0.1) is 0 Å². The largest absolute Gasteiger partial charge is 0.508 e. The van der Waals surface area contributed by atoms with E-state index in [1.165, 1.54) is 6.07 Å². The first-order valence-corrected chi connectivity index (χ1v) is 8.43. The molecule has 0 aromatic heterocycles. The van der Waals surface area contributed by atoms with Crippen molar-refractivity contribution >= 4 is 0 Å². The van der Waals surface area contributed by atoms with Crippen LogP contribution in [0.3, 0.4) is 0 Å². The third-order valence-corrected chi connectivity index (χ3v) is 4.42. The molecule has 0 aliphatic heterocycles. The van der Waals surface area contributed by atoms with E-state index in [1.54, 1.807) is 45.6 Å². The zero-order valence-electron chi connectivity index (χ0n) is 15.5. The molecule has 0 radical (unpaired) electrons. The summed E-state index contributed by atoms with van der Waals surface area (Å²) in [4.78, 5) is 0. The van der Waals surface area contributed by atoms with Gasteiger partial charge < -0.3 is 19.3 Å². The molecule has 0 spiro atoms. The van der Waals surface area contributed by atoms with Gasteiger partial charge in [0.25, 0.3) is 0 Å². The topological polar surface area (TPSA) is 47.9 Å². The van der Waals surface area contributed by atoms with Crippen LogP contribution in [0.5, 0.6) is 23.0 Å². The number of ether oxygens (including phenoxy) is 3. The van der Waals surface area contributed by atoms with Crippen molar-refractivity contribution in [1.82, 2.24) is 0 Å². The fourth-order valence-corrected chi connectivity index (χ4v) is 3.03. The van der Waals surface area contributed by atoms with Crippen LogP contribution in [-0.2, 0) is 6.42 Å². The SMILES string of the molecule is COc1ccc(Cc2c(O)cc(-c3ccccc3OC)cc2F)cc1OC. The molecule has 4 nitrogen and oxygen atoms in total. The number of rotatable bonds is 6. The molecule has 0 aliphatic carbocycles. The smallest absolute Gasteiger partial charge is 0.160 e. The second-order valence-corrected chi connectivity index (χ2v) is 6.02. The van der Waals surface area contributed by atoms with Gasteiger partial charge in [0.1, 0.15) is 17.3 Å². The molecule has 0 bridgehead atoms. The third kappa shape index (κ3) is 3.82. The third-order valence-electron chi connectivity index (χ3n) is 4.42. The Kier molecular flexibility index (Phi) is 5.50. The number of aromatic hydroxyl groups is 1. The summed E-state index contributed by atoms with van der Waals surface area (Å²) >= 11 is 0. The standard InChI is InChI=1S/C22H21FO4/c1-25-20-7-5-4-6-16(20)15-12-18(23)17(19(24)13-15)10-14-8-9-21(26-2)22(11-14)27-3/h4-9,11-13,24H,10H2,1-3H3. The lowest BCUT2D eigenvalue weighted by Crippen LogP contribution is -1.97. The van der Waals surface area contributed by atoms with Crippen LogP contribution in [0.2, 0.25) is 0 Å². The Balaban J connectivity index is 1.96. The molecule has 0 heterocycles. The van der Waals surface area contributed by atoms with Gasteiger partial charge >= 0.3 is 0 Å². The van der Waals surface area contributed by atoms with Crippen LogP contribution in [-0.4, -0.2) is 26.4 Å². The Hall–Kier alpha value is -3.21. The Bertz CT molecular complexity index is 930. The van der Waals surface area contributed by atoms with Gasteiger partial charge in [0.05, 0.1) is 21.3 Å². The number of halogens is 1. The zero-order valence-corrected chi connectivity index (χ0v) is 15.5. The van der Waals surface area contributed by atoms with Crippen LogP contribution in [0.1, 0.15) is 11.1 Å². The van der Waals surface area contributed by atoms with E-state index in [9.17, 15) is 9.50 Å².